The summed E-state index contributed by atoms with van der Waals surface area (Å²) in [6.45, 7) is 0.833. The highest BCUT2D eigenvalue weighted by molar-refractivity contribution is 8.00. The summed E-state index contributed by atoms with van der Waals surface area (Å²) >= 11 is 4.08. The smallest absolute Gasteiger partial charge is 0.276 e. The number of carboxylic acid groups (broad SMARTS) is 1. The third-order valence-electron chi connectivity index (χ3n) is 7.83. The van der Waals surface area contributed by atoms with Gasteiger partial charge < -0.3 is 35.7 Å². The van der Waals surface area contributed by atoms with Crippen molar-refractivity contribution >= 4 is 74.5 Å². The number of amides is 2. The predicted octanol–water partition coefficient (Wildman–Crippen LogP) is -0.291. The number of fused-ring (bicyclic) bond motifs is 2. The van der Waals surface area contributed by atoms with Crippen molar-refractivity contribution in [3.63, 3.8) is 0 Å². The molecule has 2 atom stereocenters. The van der Waals surface area contributed by atoms with Crippen molar-refractivity contribution in [2.45, 2.75) is 43.4 Å². The van der Waals surface area contributed by atoms with Crippen LogP contribution in [0.15, 0.2) is 57.9 Å². The maximum absolute atomic E-state index is 13.2. The molecule has 1 saturated carbocycles. The van der Waals surface area contributed by atoms with E-state index in [0.717, 1.165) is 40.3 Å². The second-order valence-electron chi connectivity index (χ2n) is 10.9. The maximum atomic E-state index is 13.2. The minimum atomic E-state index is -1.46. The summed E-state index contributed by atoms with van der Waals surface area (Å²) < 4.78 is 5.87. The summed E-state index contributed by atoms with van der Waals surface area (Å²) in [5.41, 5.74) is 7.85. The van der Waals surface area contributed by atoms with Gasteiger partial charge in [-0.3, -0.25) is 19.9 Å². The lowest BCUT2D eigenvalue weighted by Gasteiger charge is -2.50. The average molecular weight is 681 g/mol. The quantitative estimate of drug-likeness (QED) is 0.0541. The Hall–Kier alpha value is -4.68. The lowest BCUT2D eigenvalue weighted by molar-refractivity contribution is -0.753. The number of hydrogen-bond acceptors (Lipinski definition) is 12. The highest BCUT2D eigenvalue weighted by atomic mass is 32.2. The number of anilines is 1. The molecule has 4 aromatic rings. The monoisotopic (exact) mass is 680 g/mol. The molecule has 18 heteroatoms. The van der Waals surface area contributed by atoms with Crippen LogP contribution in [0.25, 0.3) is 5.65 Å². The number of nitrogens with zero attached hydrogens (tertiary/aromatic N) is 6. The van der Waals surface area contributed by atoms with Crippen molar-refractivity contribution in [1.82, 2.24) is 29.6 Å². The molecule has 15 nitrogen and oxygen atoms in total. The van der Waals surface area contributed by atoms with E-state index in [1.165, 1.54) is 23.8 Å². The number of nitrogens with one attached hydrogen (secondary N) is 3. The molecule has 1 aliphatic carbocycles. The van der Waals surface area contributed by atoms with Crippen LogP contribution in [0.2, 0.25) is 0 Å². The number of thiazole rings is 1. The number of thiophene rings is 1. The Labute approximate surface area is 273 Å². The molecule has 238 valence electrons. The SMILES string of the molecule is CO/N=C(\C(=O)N[C@@H]1C(=O)N2C(C(=O)[O-])=C(C[n+]3ccc4n(Cc5cc(C(=N)NC6CC6)cs5)ccn43)CS[C@H]12)c1csc(N)n1. The number of nitrogens with two attached hydrogens (primary N) is 1. The molecule has 1 saturated heterocycles. The van der Waals surface area contributed by atoms with Gasteiger partial charge in [-0.05, 0) is 18.9 Å². The Morgan fingerprint density at radius 2 is 2.09 bits per heavy atom. The zero-order valence-corrected chi connectivity index (χ0v) is 26.8. The van der Waals surface area contributed by atoms with Gasteiger partial charge in [-0.15, -0.1) is 43.6 Å². The van der Waals surface area contributed by atoms with Crippen molar-refractivity contribution in [3.8, 4) is 0 Å². The van der Waals surface area contributed by atoms with Gasteiger partial charge in [0.15, 0.2) is 29.2 Å². The number of oxime groups is 1. The average Bonchev–Trinajstić information content (AvgIpc) is 3.39. The van der Waals surface area contributed by atoms with Gasteiger partial charge in [0.05, 0.1) is 30.5 Å². The molecule has 0 bridgehead atoms. The van der Waals surface area contributed by atoms with Gasteiger partial charge in [0.2, 0.25) is 0 Å². The number of imidazole rings is 1. The molecule has 0 aromatic carbocycles. The normalized spacial score (nSPS) is 19.6. The Kier molecular flexibility index (Phi) is 7.77. The first kappa shape index (κ1) is 30.0. The van der Waals surface area contributed by atoms with Gasteiger partial charge >= 0.3 is 0 Å². The molecular weight excluding hydrogens is 653 g/mol. The van der Waals surface area contributed by atoms with Gasteiger partial charge in [-0.1, -0.05) is 5.16 Å². The van der Waals surface area contributed by atoms with Crippen molar-refractivity contribution in [1.29, 1.82) is 5.41 Å². The first-order valence-corrected chi connectivity index (χ1v) is 17.0. The van der Waals surface area contributed by atoms with Crippen molar-refractivity contribution < 1.29 is 29.0 Å². The van der Waals surface area contributed by atoms with E-state index in [-0.39, 0.29) is 28.8 Å². The van der Waals surface area contributed by atoms with Gasteiger partial charge in [-0.25, -0.2) is 4.98 Å². The van der Waals surface area contributed by atoms with Crippen LogP contribution in [0.3, 0.4) is 0 Å². The van der Waals surface area contributed by atoms with E-state index in [1.54, 1.807) is 16.7 Å². The van der Waals surface area contributed by atoms with E-state index in [1.807, 2.05) is 45.3 Å². The highest BCUT2D eigenvalue weighted by Crippen LogP contribution is 2.40. The molecule has 5 N–H and O–H groups in total. The number of carbonyl (C=O) groups is 3. The van der Waals surface area contributed by atoms with Crippen LogP contribution in [0, 0.1) is 5.41 Å². The lowest BCUT2D eigenvalue weighted by Crippen LogP contribution is -2.71. The first-order valence-electron chi connectivity index (χ1n) is 14.2. The second kappa shape index (κ2) is 11.9. The number of aliphatic carboxylic acids is 1. The zero-order chi connectivity index (χ0) is 32.1. The maximum Gasteiger partial charge on any atom is 0.276 e. The Morgan fingerprint density at radius 1 is 1.26 bits per heavy atom. The molecule has 4 aromatic heterocycles. The summed E-state index contributed by atoms with van der Waals surface area (Å²) in [7, 11) is 1.28. The van der Waals surface area contributed by atoms with E-state index < -0.39 is 29.2 Å². The van der Waals surface area contributed by atoms with Crippen LogP contribution in [-0.2, 0) is 32.3 Å². The number of β-lactam (4-membered cyclic amide) rings is 1. The van der Waals surface area contributed by atoms with Crippen LogP contribution in [0.1, 0.15) is 29.0 Å². The topological polar surface area (TPSA) is 199 Å². The van der Waals surface area contributed by atoms with E-state index in [4.69, 9.17) is 16.0 Å². The van der Waals surface area contributed by atoms with Crippen molar-refractivity contribution in [2.24, 2.45) is 5.16 Å². The van der Waals surface area contributed by atoms with Crippen LogP contribution in [0.4, 0.5) is 5.13 Å². The Balaban J connectivity index is 1.06. The molecular formula is C28H28N10O5S3. The summed E-state index contributed by atoms with van der Waals surface area (Å²) in [4.78, 5) is 49.8. The minimum Gasteiger partial charge on any atom is -0.543 e. The zero-order valence-electron chi connectivity index (χ0n) is 24.3. The number of rotatable bonds is 11. The lowest BCUT2D eigenvalue weighted by atomic mass is 10.0. The Morgan fingerprint density at radius 3 is 2.80 bits per heavy atom. The molecule has 2 amide bonds. The van der Waals surface area contributed by atoms with Crippen LogP contribution >= 0.6 is 34.4 Å². The number of hydrogen-bond donors (Lipinski definition) is 4. The summed E-state index contributed by atoms with van der Waals surface area (Å²) in [6, 6.07) is 3.42. The number of carbonyl (C=O) groups excluding carboxylic acids is 3. The largest absolute Gasteiger partial charge is 0.543 e. The first-order chi connectivity index (χ1) is 22.2. The molecule has 0 radical (unpaired) electrons. The molecule has 0 unspecified atom stereocenters. The van der Waals surface area contributed by atoms with Gasteiger partial charge in [0, 0.05) is 44.8 Å². The summed E-state index contributed by atoms with van der Waals surface area (Å²) in [5.74, 6) is -1.96. The molecule has 2 aliphatic heterocycles. The van der Waals surface area contributed by atoms with Gasteiger partial charge in [0.25, 0.3) is 11.8 Å². The fourth-order valence-corrected chi connectivity index (χ4v) is 8.23. The van der Waals surface area contributed by atoms with Gasteiger partial charge in [0.1, 0.15) is 30.1 Å². The predicted molar refractivity (Wildman–Crippen MR) is 169 cm³/mol. The van der Waals surface area contributed by atoms with Crippen molar-refractivity contribution in [3.05, 3.63) is 68.9 Å². The van der Waals surface area contributed by atoms with Crippen LogP contribution < -0.4 is 26.2 Å². The molecule has 6 heterocycles. The minimum absolute atomic E-state index is 0.149. The number of carboxylic acids is 1. The molecule has 7 rings (SSSR count). The third kappa shape index (κ3) is 5.51. The molecule has 46 heavy (non-hydrogen) atoms. The summed E-state index contributed by atoms with van der Waals surface area (Å²) in [6.07, 6.45) is 7.93. The van der Waals surface area contributed by atoms with Crippen molar-refractivity contribution in [2.75, 3.05) is 18.6 Å². The van der Waals surface area contributed by atoms with Gasteiger partial charge in [-0.2, -0.15) is 0 Å². The van der Waals surface area contributed by atoms with E-state index in [9.17, 15) is 19.5 Å². The standard InChI is InChI=1S/C28H28N10O5S3/c1-43-34-20(18-13-46-28(30)32-18)24(39)33-21-25(40)38-22(27(41)42)15(12-45-26(21)38)9-36-5-4-19-35(6-7-37(19)36)10-17-8-14(11-44-17)23(29)31-16-2-3-16/h4-8,11,13,16,21,26H,2-3,9-10,12H2,1H3,(H5-,29,30,31,32,33,39,41,42)/b34-20-/t21-,26-/m1/s1. The van der Waals surface area contributed by atoms with Crippen LogP contribution in [-0.4, -0.2) is 78.6 Å². The highest BCUT2D eigenvalue weighted by Gasteiger charge is 2.53. The second-order valence-corrected chi connectivity index (χ2v) is 13.9. The summed E-state index contributed by atoms with van der Waals surface area (Å²) in [5, 5.41) is 33.4. The molecule has 2 fully saturated rings. The van der Waals surface area contributed by atoms with E-state index in [2.05, 4.69) is 25.3 Å². The molecule has 0 spiro atoms. The number of thioether (sulfide) groups is 1. The Bertz CT molecular complexity index is 1950. The number of aromatic nitrogens is 4. The van der Waals surface area contributed by atoms with Crippen LogP contribution in [0.5, 0.6) is 0 Å². The van der Waals surface area contributed by atoms with E-state index in [0.29, 0.717) is 29.7 Å². The fourth-order valence-electron chi connectivity index (χ4n) is 5.47. The molecule has 3 aliphatic rings. The third-order valence-corrected chi connectivity index (χ3v) is 10.8. The number of amidine groups is 1. The number of nitrogen functional groups attached to an aromatic ring is 1. The van der Waals surface area contributed by atoms with E-state index >= 15 is 0 Å². The fraction of sp³-hybridized carbons (Fsp3) is 0.321.